The van der Waals surface area contributed by atoms with E-state index in [1.807, 2.05) is 0 Å². The van der Waals surface area contributed by atoms with Gasteiger partial charge in [-0.2, -0.15) is 0 Å². The fourth-order valence-electron chi connectivity index (χ4n) is 2.46. The lowest BCUT2D eigenvalue weighted by Crippen LogP contribution is -2.41. The summed E-state index contributed by atoms with van der Waals surface area (Å²) in [4.78, 5) is 14.3. The van der Waals surface area contributed by atoms with Gasteiger partial charge < -0.3 is 10.6 Å². The molecule has 1 aliphatic carbocycles. The highest BCUT2D eigenvalue weighted by Gasteiger charge is 2.50. The van der Waals surface area contributed by atoms with E-state index in [1.165, 1.54) is 6.42 Å². The number of carbonyl (C=O) groups is 1. The fraction of sp³-hybridized carbons (Fsp3) is 0.917. The molecule has 3 nitrogen and oxygen atoms in total. The van der Waals surface area contributed by atoms with E-state index in [0.29, 0.717) is 12.5 Å². The van der Waals surface area contributed by atoms with Crippen LogP contribution >= 0.6 is 0 Å². The third-order valence-electron chi connectivity index (χ3n) is 4.00. The summed E-state index contributed by atoms with van der Waals surface area (Å²) in [6.45, 7) is 4.72. The Morgan fingerprint density at radius 3 is 2.73 bits per heavy atom. The smallest absolute Gasteiger partial charge is 0.230 e. The van der Waals surface area contributed by atoms with Gasteiger partial charge in [0.1, 0.15) is 0 Å². The van der Waals surface area contributed by atoms with Crippen LogP contribution in [0, 0.1) is 11.3 Å². The molecule has 15 heavy (non-hydrogen) atoms. The van der Waals surface area contributed by atoms with E-state index in [4.69, 9.17) is 5.73 Å². The number of nitrogens with two attached hydrogens (primary N) is 1. The normalized spacial score (nSPS) is 29.7. The molecule has 1 aliphatic heterocycles. The number of hydrogen-bond acceptors (Lipinski definition) is 2. The van der Waals surface area contributed by atoms with Gasteiger partial charge in [0.05, 0.1) is 5.41 Å². The summed E-state index contributed by atoms with van der Waals surface area (Å²) >= 11 is 0. The largest absolute Gasteiger partial charge is 0.342 e. The maximum atomic E-state index is 12.2. The van der Waals surface area contributed by atoms with Crippen LogP contribution < -0.4 is 5.73 Å². The molecule has 1 unspecified atom stereocenters. The molecule has 0 aromatic heterocycles. The summed E-state index contributed by atoms with van der Waals surface area (Å²) in [5, 5.41) is 0. The van der Waals surface area contributed by atoms with Gasteiger partial charge in [-0.15, -0.1) is 0 Å². The Morgan fingerprint density at radius 2 is 2.13 bits per heavy atom. The van der Waals surface area contributed by atoms with Crippen molar-refractivity contribution < 1.29 is 4.79 Å². The van der Waals surface area contributed by atoms with Crippen molar-refractivity contribution in [3.8, 4) is 0 Å². The van der Waals surface area contributed by atoms with Crippen LogP contribution in [0.2, 0.25) is 0 Å². The van der Waals surface area contributed by atoms with Crippen LogP contribution in [0.5, 0.6) is 0 Å². The first kappa shape index (κ1) is 10.9. The zero-order valence-electron chi connectivity index (χ0n) is 9.67. The summed E-state index contributed by atoms with van der Waals surface area (Å²) in [6.07, 6.45) is 5.60. The molecule has 2 fully saturated rings. The van der Waals surface area contributed by atoms with E-state index in [1.54, 1.807) is 0 Å². The van der Waals surface area contributed by atoms with E-state index < -0.39 is 0 Å². The van der Waals surface area contributed by atoms with E-state index in [-0.39, 0.29) is 5.41 Å². The van der Waals surface area contributed by atoms with Gasteiger partial charge in [-0.1, -0.05) is 6.92 Å². The Morgan fingerprint density at radius 1 is 1.40 bits per heavy atom. The minimum absolute atomic E-state index is 0.145. The Bertz CT molecular complexity index is 248. The molecule has 2 aliphatic rings. The van der Waals surface area contributed by atoms with Crippen LogP contribution in [0.4, 0.5) is 0 Å². The van der Waals surface area contributed by atoms with Gasteiger partial charge in [0.25, 0.3) is 0 Å². The monoisotopic (exact) mass is 210 g/mol. The summed E-state index contributed by atoms with van der Waals surface area (Å²) in [5.74, 6) is 1.11. The molecule has 1 amide bonds. The summed E-state index contributed by atoms with van der Waals surface area (Å²) < 4.78 is 0. The molecule has 2 rings (SSSR count). The fourth-order valence-corrected chi connectivity index (χ4v) is 2.46. The van der Waals surface area contributed by atoms with E-state index >= 15 is 0 Å². The number of hydrogen-bond donors (Lipinski definition) is 1. The highest BCUT2D eigenvalue weighted by Crippen LogP contribution is 2.46. The zero-order valence-corrected chi connectivity index (χ0v) is 9.67. The van der Waals surface area contributed by atoms with Gasteiger partial charge >= 0.3 is 0 Å². The molecule has 86 valence electrons. The SMILES string of the molecule is CC1CCCN(C(=O)C2(CN)CC2)CC1. The first-order valence-corrected chi connectivity index (χ1v) is 6.17. The lowest BCUT2D eigenvalue weighted by molar-refractivity contribution is -0.136. The third-order valence-corrected chi connectivity index (χ3v) is 4.00. The Kier molecular flexibility index (Phi) is 3.01. The molecule has 2 N–H and O–H groups in total. The molecule has 0 bridgehead atoms. The third kappa shape index (κ3) is 2.17. The van der Waals surface area contributed by atoms with E-state index in [0.717, 1.165) is 44.7 Å². The highest BCUT2D eigenvalue weighted by atomic mass is 16.2. The van der Waals surface area contributed by atoms with Gasteiger partial charge in [-0.25, -0.2) is 0 Å². The number of likely N-dealkylation sites (tertiary alicyclic amines) is 1. The van der Waals surface area contributed by atoms with Crippen molar-refractivity contribution in [3.05, 3.63) is 0 Å². The zero-order chi connectivity index (χ0) is 10.9. The predicted octanol–water partition coefficient (Wildman–Crippen LogP) is 1.37. The van der Waals surface area contributed by atoms with E-state index in [9.17, 15) is 4.79 Å². The number of rotatable bonds is 2. The van der Waals surface area contributed by atoms with Crippen LogP contribution in [0.3, 0.4) is 0 Å². The predicted molar refractivity (Wildman–Crippen MR) is 60.3 cm³/mol. The molecule has 3 heteroatoms. The second kappa shape index (κ2) is 4.12. The topological polar surface area (TPSA) is 46.3 Å². The standard InChI is InChI=1S/C12H22N2O/c1-10-3-2-7-14(8-4-10)11(15)12(9-13)5-6-12/h10H,2-9,13H2,1H3. The van der Waals surface area contributed by atoms with Crippen LogP contribution in [-0.4, -0.2) is 30.4 Å². The summed E-state index contributed by atoms with van der Waals surface area (Å²) in [6, 6.07) is 0. The highest BCUT2D eigenvalue weighted by molar-refractivity contribution is 5.85. The molecular weight excluding hydrogens is 188 g/mol. The average molecular weight is 210 g/mol. The molecule has 1 atom stereocenters. The van der Waals surface area contributed by atoms with Crippen LogP contribution in [-0.2, 0) is 4.79 Å². The molecule has 1 saturated heterocycles. The number of amides is 1. The van der Waals surface area contributed by atoms with Crippen molar-refractivity contribution in [1.82, 2.24) is 4.90 Å². The molecule has 0 aromatic carbocycles. The van der Waals surface area contributed by atoms with Crippen molar-refractivity contribution >= 4 is 5.91 Å². The molecule has 1 heterocycles. The number of carbonyl (C=O) groups excluding carboxylic acids is 1. The second-order valence-electron chi connectivity index (χ2n) is 5.31. The minimum atomic E-state index is -0.145. The molecule has 0 radical (unpaired) electrons. The summed E-state index contributed by atoms with van der Waals surface area (Å²) in [7, 11) is 0. The van der Waals surface area contributed by atoms with E-state index in [2.05, 4.69) is 11.8 Å². The van der Waals surface area contributed by atoms with Gasteiger partial charge in [0.2, 0.25) is 5.91 Å². The van der Waals surface area contributed by atoms with Crippen molar-refractivity contribution in [3.63, 3.8) is 0 Å². The van der Waals surface area contributed by atoms with Crippen LogP contribution in [0.25, 0.3) is 0 Å². The lowest BCUT2D eigenvalue weighted by Gasteiger charge is -2.25. The quantitative estimate of drug-likeness (QED) is 0.748. The molecular formula is C12H22N2O. The first-order chi connectivity index (χ1) is 7.18. The van der Waals surface area contributed by atoms with Crippen molar-refractivity contribution in [2.75, 3.05) is 19.6 Å². The number of nitrogens with zero attached hydrogens (tertiary/aromatic N) is 1. The average Bonchev–Trinajstić information content (AvgIpc) is 3.02. The summed E-state index contributed by atoms with van der Waals surface area (Å²) in [5.41, 5.74) is 5.55. The van der Waals surface area contributed by atoms with Crippen molar-refractivity contribution in [2.24, 2.45) is 17.1 Å². The lowest BCUT2D eigenvalue weighted by atomic mass is 10.0. The maximum Gasteiger partial charge on any atom is 0.230 e. The van der Waals surface area contributed by atoms with Crippen molar-refractivity contribution in [2.45, 2.75) is 39.0 Å². The van der Waals surface area contributed by atoms with Gasteiger partial charge in [0.15, 0.2) is 0 Å². The van der Waals surface area contributed by atoms with Crippen molar-refractivity contribution in [1.29, 1.82) is 0 Å². The Hall–Kier alpha value is -0.570. The molecule has 1 saturated carbocycles. The first-order valence-electron chi connectivity index (χ1n) is 6.17. The van der Waals surface area contributed by atoms with Gasteiger partial charge in [-0.3, -0.25) is 4.79 Å². The minimum Gasteiger partial charge on any atom is -0.342 e. The van der Waals surface area contributed by atoms with Crippen LogP contribution in [0.1, 0.15) is 39.0 Å². The Labute approximate surface area is 92.0 Å². The van der Waals surface area contributed by atoms with Crippen LogP contribution in [0.15, 0.2) is 0 Å². The molecule has 0 aromatic rings. The molecule has 0 spiro atoms. The van der Waals surface area contributed by atoms with Gasteiger partial charge in [-0.05, 0) is 38.0 Å². The van der Waals surface area contributed by atoms with Gasteiger partial charge in [0, 0.05) is 19.6 Å². The Balaban J connectivity index is 1.95. The maximum absolute atomic E-state index is 12.2. The second-order valence-corrected chi connectivity index (χ2v) is 5.31.